The van der Waals surface area contributed by atoms with Crippen molar-refractivity contribution in [2.45, 2.75) is 38.5 Å². The normalized spacial score (nSPS) is 18.9. The van der Waals surface area contributed by atoms with Gasteiger partial charge in [0.05, 0.1) is 11.4 Å². The van der Waals surface area contributed by atoms with E-state index in [-0.39, 0.29) is 0 Å². The van der Waals surface area contributed by atoms with Gasteiger partial charge in [0, 0.05) is 24.7 Å². The van der Waals surface area contributed by atoms with E-state index in [0.717, 1.165) is 43.2 Å². The fourth-order valence-electron chi connectivity index (χ4n) is 3.35. The first kappa shape index (κ1) is 14.3. The highest BCUT2D eigenvalue weighted by Gasteiger charge is 2.32. The van der Waals surface area contributed by atoms with Crippen LogP contribution in [-0.2, 0) is 0 Å². The smallest absolute Gasteiger partial charge is 0.186 e. The Morgan fingerprint density at radius 1 is 1.04 bits per heavy atom. The van der Waals surface area contributed by atoms with Crippen LogP contribution in [-0.4, -0.2) is 28.1 Å². The van der Waals surface area contributed by atoms with Crippen LogP contribution in [0.25, 0.3) is 5.69 Å². The van der Waals surface area contributed by atoms with E-state index < -0.39 is 0 Å². The lowest BCUT2D eigenvalue weighted by Crippen LogP contribution is -2.32. The van der Waals surface area contributed by atoms with E-state index >= 15 is 0 Å². The van der Waals surface area contributed by atoms with E-state index in [9.17, 15) is 5.26 Å². The van der Waals surface area contributed by atoms with Crippen LogP contribution in [0.1, 0.15) is 49.9 Å². The topological polar surface area (TPSA) is 57.7 Å². The van der Waals surface area contributed by atoms with Crippen LogP contribution >= 0.6 is 0 Å². The first-order valence-corrected chi connectivity index (χ1v) is 8.47. The van der Waals surface area contributed by atoms with Gasteiger partial charge in [-0.25, -0.2) is 4.68 Å². The number of anilines is 1. The lowest BCUT2D eigenvalue weighted by molar-refractivity contribution is 0.438. The quantitative estimate of drug-likeness (QED) is 0.873. The minimum Gasteiger partial charge on any atom is -0.372 e. The number of hydrogen-bond acceptors (Lipinski definition) is 4. The maximum atomic E-state index is 9.22. The predicted molar refractivity (Wildman–Crippen MR) is 88.7 cm³/mol. The molecule has 1 aromatic heterocycles. The van der Waals surface area contributed by atoms with Gasteiger partial charge < -0.3 is 4.90 Å². The molecule has 0 bridgehead atoms. The molecular weight excluding hydrogens is 286 g/mol. The Kier molecular flexibility index (Phi) is 3.53. The van der Waals surface area contributed by atoms with Gasteiger partial charge in [-0.2, -0.15) is 5.26 Å². The van der Waals surface area contributed by atoms with Gasteiger partial charge in [-0.3, -0.25) is 0 Å². The maximum absolute atomic E-state index is 9.22. The number of piperidine rings is 1. The second kappa shape index (κ2) is 5.69. The van der Waals surface area contributed by atoms with Crippen molar-refractivity contribution in [1.29, 1.82) is 5.26 Å². The fraction of sp³-hybridized carbons (Fsp3) is 0.500. The van der Waals surface area contributed by atoms with E-state index in [1.165, 1.54) is 18.5 Å². The molecule has 2 heterocycles. The van der Waals surface area contributed by atoms with Crippen LogP contribution in [0.5, 0.6) is 0 Å². The summed E-state index contributed by atoms with van der Waals surface area (Å²) >= 11 is 0. The third-order valence-corrected chi connectivity index (χ3v) is 5.02. The van der Waals surface area contributed by atoms with Gasteiger partial charge in [0.15, 0.2) is 5.69 Å². The summed E-state index contributed by atoms with van der Waals surface area (Å²) in [7, 11) is 0. The Labute approximate surface area is 136 Å². The Bertz CT molecular complexity index is 728. The number of hydrogen-bond donors (Lipinski definition) is 0. The minimum atomic E-state index is 0.447. The number of nitriles is 1. The molecule has 0 atom stereocenters. The van der Waals surface area contributed by atoms with Crippen LogP contribution in [0.2, 0.25) is 0 Å². The molecule has 5 nitrogen and oxygen atoms in total. The number of rotatable bonds is 3. The molecule has 4 rings (SSSR count). The predicted octanol–water partition coefficient (Wildman–Crippen LogP) is 3.25. The van der Waals surface area contributed by atoms with Crippen LogP contribution in [0, 0.1) is 17.2 Å². The molecule has 2 aromatic rings. The highest BCUT2D eigenvalue weighted by molar-refractivity contribution is 5.52. The number of benzene rings is 1. The van der Waals surface area contributed by atoms with Crippen molar-refractivity contribution >= 4 is 5.69 Å². The SMILES string of the molecule is CC1CCN(c2ccc(-n3nnc(C#N)c3C3CC3)cc2)CC1. The fourth-order valence-corrected chi connectivity index (χ4v) is 3.35. The van der Waals surface area contributed by atoms with Gasteiger partial charge in [-0.1, -0.05) is 12.1 Å². The third kappa shape index (κ3) is 2.70. The zero-order valence-corrected chi connectivity index (χ0v) is 13.4. The molecule has 118 valence electrons. The van der Waals surface area contributed by atoms with Crippen molar-refractivity contribution in [1.82, 2.24) is 15.0 Å². The Morgan fingerprint density at radius 3 is 2.30 bits per heavy atom. The lowest BCUT2D eigenvalue weighted by atomic mass is 9.99. The van der Waals surface area contributed by atoms with Gasteiger partial charge >= 0.3 is 0 Å². The summed E-state index contributed by atoms with van der Waals surface area (Å²) in [5, 5.41) is 17.5. The van der Waals surface area contributed by atoms with Gasteiger partial charge in [-0.05, 0) is 55.9 Å². The molecular formula is C18H21N5. The first-order valence-electron chi connectivity index (χ1n) is 8.47. The van der Waals surface area contributed by atoms with Crippen LogP contribution in [0.4, 0.5) is 5.69 Å². The molecule has 1 aliphatic carbocycles. The van der Waals surface area contributed by atoms with Crippen LogP contribution in [0.3, 0.4) is 0 Å². The van der Waals surface area contributed by atoms with Gasteiger partial charge in [0.1, 0.15) is 6.07 Å². The summed E-state index contributed by atoms with van der Waals surface area (Å²) in [5.41, 5.74) is 3.72. The Hall–Kier alpha value is -2.35. The standard InChI is InChI=1S/C18H21N5/c1-13-8-10-22(11-9-13)15-4-6-16(7-5-15)23-18(14-2-3-14)17(12-19)20-21-23/h4-7,13-14H,2-3,8-11H2,1H3. The van der Waals surface area contributed by atoms with Crippen molar-refractivity contribution in [2.24, 2.45) is 5.92 Å². The molecule has 0 N–H and O–H groups in total. The molecule has 5 heteroatoms. The summed E-state index contributed by atoms with van der Waals surface area (Å²) in [5.74, 6) is 1.29. The van der Waals surface area contributed by atoms with Crippen LogP contribution < -0.4 is 4.90 Å². The van der Waals surface area contributed by atoms with E-state index in [0.29, 0.717) is 11.6 Å². The Morgan fingerprint density at radius 2 is 1.70 bits per heavy atom. The zero-order valence-electron chi connectivity index (χ0n) is 13.4. The molecule has 2 aliphatic rings. The molecule has 1 saturated heterocycles. The molecule has 1 aliphatic heterocycles. The van der Waals surface area contributed by atoms with Crippen molar-refractivity contribution < 1.29 is 0 Å². The van der Waals surface area contributed by atoms with Crippen molar-refractivity contribution in [3.63, 3.8) is 0 Å². The summed E-state index contributed by atoms with van der Waals surface area (Å²) < 4.78 is 1.85. The van der Waals surface area contributed by atoms with Crippen molar-refractivity contribution in [2.75, 3.05) is 18.0 Å². The molecule has 1 saturated carbocycles. The first-order chi connectivity index (χ1) is 11.3. The molecule has 1 aromatic carbocycles. The van der Waals surface area contributed by atoms with Gasteiger partial charge in [-0.15, -0.1) is 5.10 Å². The average molecular weight is 307 g/mol. The van der Waals surface area contributed by atoms with E-state index in [4.69, 9.17) is 0 Å². The molecule has 2 fully saturated rings. The monoisotopic (exact) mass is 307 g/mol. The zero-order chi connectivity index (χ0) is 15.8. The van der Waals surface area contributed by atoms with E-state index in [2.05, 4.69) is 52.5 Å². The molecule has 0 unspecified atom stereocenters. The summed E-state index contributed by atoms with van der Waals surface area (Å²) in [6.45, 7) is 4.60. The summed E-state index contributed by atoms with van der Waals surface area (Å²) in [6, 6.07) is 10.7. The minimum absolute atomic E-state index is 0.447. The maximum Gasteiger partial charge on any atom is 0.186 e. The van der Waals surface area contributed by atoms with Gasteiger partial charge in [0.25, 0.3) is 0 Å². The van der Waals surface area contributed by atoms with Gasteiger partial charge in [0.2, 0.25) is 0 Å². The molecule has 0 amide bonds. The molecule has 0 spiro atoms. The van der Waals surface area contributed by atoms with E-state index in [1.807, 2.05) is 4.68 Å². The van der Waals surface area contributed by atoms with E-state index in [1.54, 1.807) is 0 Å². The Balaban J connectivity index is 1.59. The second-order valence-electron chi connectivity index (χ2n) is 6.81. The second-order valence-corrected chi connectivity index (χ2v) is 6.81. The largest absolute Gasteiger partial charge is 0.372 e. The van der Waals surface area contributed by atoms with Crippen LogP contribution in [0.15, 0.2) is 24.3 Å². The molecule has 23 heavy (non-hydrogen) atoms. The summed E-state index contributed by atoms with van der Waals surface area (Å²) in [6.07, 6.45) is 4.79. The average Bonchev–Trinajstić information content (AvgIpc) is 3.34. The highest BCUT2D eigenvalue weighted by Crippen LogP contribution is 2.41. The number of aromatic nitrogens is 3. The third-order valence-electron chi connectivity index (χ3n) is 5.02. The van der Waals surface area contributed by atoms with Crippen molar-refractivity contribution in [3.05, 3.63) is 35.7 Å². The highest BCUT2D eigenvalue weighted by atomic mass is 15.4. The summed E-state index contributed by atoms with van der Waals surface area (Å²) in [4.78, 5) is 2.45. The molecule has 0 radical (unpaired) electrons. The van der Waals surface area contributed by atoms with Crippen molar-refractivity contribution in [3.8, 4) is 11.8 Å². The number of nitrogens with zero attached hydrogens (tertiary/aromatic N) is 5. The lowest BCUT2D eigenvalue weighted by Gasteiger charge is -2.32.